The molecule has 1 aliphatic heterocycles. The smallest absolute Gasteiger partial charge is 0.161 e. The minimum Gasteiger partial charge on any atom is -0.493 e. The Morgan fingerprint density at radius 2 is 1.76 bits per heavy atom. The lowest BCUT2D eigenvalue weighted by Crippen LogP contribution is -2.43. The number of hydrogen-bond donors (Lipinski definition) is 1. The molecule has 2 aromatic carbocycles. The first kappa shape index (κ1) is 19.4. The van der Waals surface area contributed by atoms with Crippen molar-refractivity contribution in [2.24, 2.45) is 0 Å². The second-order valence-electron chi connectivity index (χ2n) is 7.46. The van der Waals surface area contributed by atoms with Gasteiger partial charge in [-0.3, -0.25) is 0 Å². The van der Waals surface area contributed by atoms with Crippen LogP contribution in [-0.2, 0) is 5.60 Å². The Kier molecular flexibility index (Phi) is 5.00. The van der Waals surface area contributed by atoms with Crippen molar-refractivity contribution < 1.29 is 19.0 Å². The molecule has 4 rings (SSSR count). The lowest BCUT2D eigenvalue weighted by Gasteiger charge is -2.39. The van der Waals surface area contributed by atoms with Crippen molar-refractivity contribution in [3.8, 4) is 11.5 Å². The van der Waals surface area contributed by atoms with Gasteiger partial charge in [-0.15, -0.1) is 5.10 Å². The number of anilines is 1. The Balaban J connectivity index is 1.65. The summed E-state index contributed by atoms with van der Waals surface area (Å²) in [6.07, 6.45) is 2.49. The van der Waals surface area contributed by atoms with Crippen LogP contribution in [0.2, 0.25) is 0 Å². The Labute approximate surface area is 168 Å². The average Bonchev–Trinajstić information content (AvgIpc) is 2.74. The third-order valence-corrected chi connectivity index (χ3v) is 5.66. The number of aromatic nitrogens is 2. The molecule has 0 amide bonds. The Morgan fingerprint density at radius 1 is 1.07 bits per heavy atom. The van der Waals surface area contributed by atoms with Crippen molar-refractivity contribution in [2.45, 2.75) is 25.4 Å². The maximum Gasteiger partial charge on any atom is 0.161 e. The molecule has 0 radical (unpaired) electrons. The van der Waals surface area contributed by atoms with E-state index in [9.17, 15) is 9.50 Å². The van der Waals surface area contributed by atoms with Crippen LogP contribution in [0.15, 0.2) is 36.5 Å². The van der Waals surface area contributed by atoms with Crippen LogP contribution in [0, 0.1) is 12.7 Å². The summed E-state index contributed by atoms with van der Waals surface area (Å²) >= 11 is 0. The van der Waals surface area contributed by atoms with Crippen LogP contribution >= 0.6 is 0 Å². The minimum absolute atomic E-state index is 0.367. The zero-order valence-corrected chi connectivity index (χ0v) is 16.8. The van der Waals surface area contributed by atoms with E-state index in [4.69, 9.17) is 9.47 Å². The van der Waals surface area contributed by atoms with E-state index < -0.39 is 5.60 Å². The van der Waals surface area contributed by atoms with Gasteiger partial charge in [-0.2, -0.15) is 5.10 Å². The number of benzene rings is 2. The van der Waals surface area contributed by atoms with Crippen LogP contribution in [0.3, 0.4) is 0 Å². The molecule has 29 heavy (non-hydrogen) atoms. The SMILES string of the molecule is COc1cc2cnnc(N3CCC(O)(c4cc(C)ccc4F)CC3)c2cc1OC. The molecule has 0 bridgehead atoms. The van der Waals surface area contributed by atoms with Gasteiger partial charge in [0.2, 0.25) is 0 Å². The molecular weight excluding hydrogens is 373 g/mol. The largest absolute Gasteiger partial charge is 0.493 e. The third kappa shape index (κ3) is 3.46. The predicted octanol–water partition coefficient (Wildman–Crippen LogP) is 3.58. The lowest BCUT2D eigenvalue weighted by atomic mass is 9.83. The van der Waals surface area contributed by atoms with Gasteiger partial charge in [0, 0.05) is 29.4 Å². The number of aliphatic hydroxyl groups is 1. The summed E-state index contributed by atoms with van der Waals surface area (Å²) in [6.45, 7) is 2.97. The van der Waals surface area contributed by atoms with Crippen molar-refractivity contribution >= 4 is 16.6 Å². The van der Waals surface area contributed by atoms with Gasteiger partial charge in [-0.25, -0.2) is 4.39 Å². The van der Waals surface area contributed by atoms with Crippen molar-refractivity contribution in [2.75, 3.05) is 32.2 Å². The van der Waals surface area contributed by atoms with Gasteiger partial charge in [0.1, 0.15) is 5.82 Å². The maximum atomic E-state index is 14.4. The van der Waals surface area contributed by atoms with E-state index in [1.54, 1.807) is 32.5 Å². The predicted molar refractivity (Wildman–Crippen MR) is 109 cm³/mol. The molecule has 0 spiro atoms. The van der Waals surface area contributed by atoms with Gasteiger partial charge in [0.15, 0.2) is 17.3 Å². The summed E-state index contributed by atoms with van der Waals surface area (Å²) in [5.41, 5.74) is 0.108. The Morgan fingerprint density at radius 3 is 2.45 bits per heavy atom. The number of piperidine rings is 1. The van der Waals surface area contributed by atoms with E-state index >= 15 is 0 Å². The molecule has 0 aliphatic carbocycles. The summed E-state index contributed by atoms with van der Waals surface area (Å²) in [4.78, 5) is 2.07. The third-order valence-electron chi connectivity index (χ3n) is 5.66. The number of fused-ring (bicyclic) bond motifs is 1. The summed E-state index contributed by atoms with van der Waals surface area (Å²) in [5.74, 6) is 1.59. The summed E-state index contributed by atoms with van der Waals surface area (Å²) in [5, 5.41) is 21.4. The molecule has 0 atom stereocenters. The highest BCUT2D eigenvalue weighted by atomic mass is 19.1. The second-order valence-corrected chi connectivity index (χ2v) is 7.46. The molecule has 3 aromatic rings. The molecule has 0 saturated carbocycles. The van der Waals surface area contributed by atoms with E-state index in [0.717, 1.165) is 22.2 Å². The standard InChI is InChI=1S/C22H24FN3O3/c1-14-4-5-18(23)17(10-14)22(27)6-8-26(9-7-22)21-16-12-20(29-3)19(28-2)11-15(16)13-24-25-21/h4-5,10-13,27H,6-9H2,1-3H3. The Bertz CT molecular complexity index is 1050. The summed E-state index contributed by atoms with van der Waals surface area (Å²) < 4.78 is 25.2. The van der Waals surface area contributed by atoms with Gasteiger partial charge in [-0.05, 0) is 38.0 Å². The highest BCUT2D eigenvalue weighted by Gasteiger charge is 2.37. The van der Waals surface area contributed by atoms with Crippen LogP contribution in [0.4, 0.5) is 10.2 Å². The molecule has 0 unspecified atom stereocenters. The normalized spacial score (nSPS) is 16.1. The summed E-state index contributed by atoms with van der Waals surface area (Å²) in [7, 11) is 3.19. The number of nitrogens with zero attached hydrogens (tertiary/aromatic N) is 3. The molecule has 1 aromatic heterocycles. The van der Waals surface area contributed by atoms with Gasteiger partial charge in [0.05, 0.1) is 26.0 Å². The van der Waals surface area contributed by atoms with Crippen molar-refractivity contribution in [1.29, 1.82) is 0 Å². The van der Waals surface area contributed by atoms with E-state index in [-0.39, 0.29) is 5.82 Å². The number of methoxy groups -OCH3 is 2. The second kappa shape index (κ2) is 7.48. The molecule has 1 aliphatic rings. The molecule has 152 valence electrons. The molecule has 7 heteroatoms. The minimum atomic E-state index is -1.19. The quantitative estimate of drug-likeness (QED) is 0.726. The van der Waals surface area contributed by atoms with Crippen LogP contribution < -0.4 is 14.4 Å². The number of rotatable bonds is 4. The maximum absolute atomic E-state index is 14.4. The van der Waals surface area contributed by atoms with Crippen LogP contribution in [-0.4, -0.2) is 42.6 Å². The lowest BCUT2D eigenvalue weighted by molar-refractivity contribution is 0.00834. The number of aryl methyl sites for hydroxylation is 1. The van der Waals surface area contributed by atoms with Crippen molar-refractivity contribution in [3.63, 3.8) is 0 Å². The van der Waals surface area contributed by atoms with E-state index in [1.165, 1.54) is 6.07 Å². The molecule has 1 N–H and O–H groups in total. The van der Waals surface area contributed by atoms with Gasteiger partial charge in [-0.1, -0.05) is 17.7 Å². The molecule has 1 fully saturated rings. The fourth-order valence-corrected chi connectivity index (χ4v) is 3.98. The number of ether oxygens (including phenoxy) is 2. The van der Waals surface area contributed by atoms with E-state index in [0.29, 0.717) is 43.0 Å². The van der Waals surface area contributed by atoms with Crippen LogP contribution in [0.25, 0.3) is 10.8 Å². The highest BCUT2D eigenvalue weighted by Crippen LogP contribution is 2.39. The fourth-order valence-electron chi connectivity index (χ4n) is 3.98. The first-order valence-corrected chi connectivity index (χ1v) is 9.56. The zero-order valence-electron chi connectivity index (χ0n) is 16.8. The fraction of sp³-hybridized carbons (Fsp3) is 0.364. The van der Waals surface area contributed by atoms with Crippen LogP contribution in [0.5, 0.6) is 11.5 Å². The van der Waals surface area contributed by atoms with Crippen molar-refractivity contribution in [3.05, 3.63) is 53.5 Å². The van der Waals surface area contributed by atoms with E-state index in [2.05, 4.69) is 15.1 Å². The number of halogens is 1. The zero-order chi connectivity index (χ0) is 20.6. The van der Waals surface area contributed by atoms with Gasteiger partial charge >= 0.3 is 0 Å². The first-order valence-electron chi connectivity index (χ1n) is 9.56. The summed E-state index contributed by atoms with van der Waals surface area (Å²) in [6, 6.07) is 8.63. The molecule has 1 saturated heterocycles. The highest BCUT2D eigenvalue weighted by molar-refractivity contribution is 5.94. The molecular formula is C22H24FN3O3. The van der Waals surface area contributed by atoms with Crippen molar-refractivity contribution in [1.82, 2.24) is 10.2 Å². The Hall–Kier alpha value is -2.93. The first-order chi connectivity index (χ1) is 13.9. The van der Waals surface area contributed by atoms with E-state index in [1.807, 2.05) is 19.1 Å². The van der Waals surface area contributed by atoms with Crippen LogP contribution in [0.1, 0.15) is 24.0 Å². The van der Waals surface area contributed by atoms with Gasteiger partial charge in [0.25, 0.3) is 0 Å². The number of hydrogen-bond acceptors (Lipinski definition) is 6. The average molecular weight is 397 g/mol. The molecule has 2 heterocycles. The van der Waals surface area contributed by atoms with Gasteiger partial charge < -0.3 is 19.5 Å². The molecule has 6 nitrogen and oxygen atoms in total. The topological polar surface area (TPSA) is 67.7 Å². The monoisotopic (exact) mass is 397 g/mol.